The number of phenolic OH excluding ortho intramolecular Hbond substituents is 1. The highest BCUT2D eigenvalue weighted by atomic mass is 19.3. The zero-order chi connectivity index (χ0) is 13.3. The summed E-state index contributed by atoms with van der Waals surface area (Å²) in [5.74, 6) is -4.81. The number of hydrogen-bond acceptors (Lipinski definition) is 3. The van der Waals surface area contributed by atoms with Gasteiger partial charge in [0.1, 0.15) is 5.75 Å². The smallest absolute Gasteiger partial charge is 0.352 e. The van der Waals surface area contributed by atoms with Crippen molar-refractivity contribution in [1.29, 1.82) is 0 Å². The van der Waals surface area contributed by atoms with E-state index in [1.165, 1.54) is 24.3 Å². The molecule has 0 fully saturated rings. The molecule has 0 radical (unpaired) electrons. The molecular formula is C11H7F4NO2. The van der Waals surface area contributed by atoms with Gasteiger partial charge >= 0.3 is 12.3 Å². The molecule has 1 N–H and O–H groups in total. The fourth-order valence-electron chi connectivity index (χ4n) is 1.35. The summed E-state index contributed by atoms with van der Waals surface area (Å²) in [5.41, 5.74) is -1.07. The first-order valence-corrected chi connectivity index (χ1v) is 4.84. The number of rotatable bonds is 3. The Morgan fingerprint density at radius 1 is 1.22 bits per heavy atom. The van der Waals surface area contributed by atoms with Gasteiger partial charge in [-0.25, -0.2) is 8.78 Å². The Morgan fingerprint density at radius 2 is 1.89 bits per heavy atom. The van der Waals surface area contributed by atoms with E-state index in [1.54, 1.807) is 0 Å². The lowest BCUT2D eigenvalue weighted by Gasteiger charge is -2.10. The minimum atomic E-state index is -4.38. The van der Waals surface area contributed by atoms with Gasteiger partial charge in [0.15, 0.2) is 11.5 Å². The molecule has 1 aromatic carbocycles. The van der Waals surface area contributed by atoms with E-state index in [2.05, 4.69) is 9.68 Å². The van der Waals surface area contributed by atoms with Crippen LogP contribution in [0.25, 0.3) is 11.3 Å². The standard InChI is InChI=1S/C11H7F4NO2/c12-10(13)11(14,15)9-5-8(18-16-9)6-3-1-2-4-7(6)17/h1-5,10,17H. The highest BCUT2D eigenvalue weighted by molar-refractivity contribution is 5.65. The zero-order valence-electron chi connectivity index (χ0n) is 8.78. The van der Waals surface area contributed by atoms with Gasteiger partial charge in [-0.15, -0.1) is 0 Å². The lowest BCUT2D eigenvalue weighted by atomic mass is 10.1. The van der Waals surface area contributed by atoms with Crippen molar-refractivity contribution in [3.05, 3.63) is 36.0 Å². The Kier molecular flexibility index (Phi) is 2.98. The molecular weight excluding hydrogens is 254 g/mol. The summed E-state index contributed by atoms with van der Waals surface area (Å²) in [5, 5.41) is 12.4. The highest BCUT2D eigenvalue weighted by Crippen LogP contribution is 2.37. The van der Waals surface area contributed by atoms with Crippen LogP contribution in [0.5, 0.6) is 5.75 Å². The van der Waals surface area contributed by atoms with Crippen LogP contribution in [0.2, 0.25) is 0 Å². The van der Waals surface area contributed by atoms with Crippen LogP contribution in [0.1, 0.15) is 5.69 Å². The Balaban J connectivity index is 2.41. The quantitative estimate of drug-likeness (QED) is 0.861. The summed E-state index contributed by atoms with van der Waals surface area (Å²) in [4.78, 5) is 0. The second-order valence-electron chi connectivity index (χ2n) is 3.52. The average Bonchev–Trinajstić information content (AvgIpc) is 2.79. The molecule has 0 spiro atoms. The molecule has 3 nitrogen and oxygen atoms in total. The van der Waals surface area contributed by atoms with Crippen LogP contribution in [0.3, 0.4) is 0 Å². The van der Waals surface area contributed by atoms with Crippen LogP contribution < -0.4 is 0 Å². The predicted octanol–water partition coefficient (Wildman–Crippen LogP) is 3.40. The van der Waals surface area contributed by atoms with E-state index in [9.17, 15) is 22.7 Å². The molecule has 0 unspecified atom stereocenters. The molecule has 0 bridgehead atoms. The third-order valence-corrected chi connectivity index (χ3v) is 2.30. The molecule has 0 aliphatic carbocycles. The van der Waals surface area contributed by atoms with E-state index >= 15 is 0 Å². The van der Waals surface area contributed by atoms with E-state index in [0.717, 1.165) is 0 Å². The first-order valence-electron chi connectivity index (χ1n) is 4.84. The number of alkyl halides is 4. The predicted molar refractivity (Wildman–Crippen MR) is 53.5 cm³/mol. The second-order valence-corrected chi connectivity index (χ2v) is 3.52. The van der Waals surface area contributed by atoms with Crippen LogP contribution in [0.15, 0.2) is 34.9 Å². The second kappa shape index (κ2) is 4.32. The lowest BCUT2D eigenvalue weighted by Crippen LogP contribution is -2.23. The van der Waals surface area contributed by atoms with Gasteiger partial charge < -0.3 is 9.63 Å². The first kappa shape index (κ1) is 12.4. The number of para-hydroxylation sites is 1. The number of phenols is 1. The van der Waals surface area contributed by atoms with Crippen LogP contribution in [0, 0.1) is 0 Å². The van der Waals surface area contributed by atoms with Crippen molar-refractivity contribution in [3.8, 4) is 17.1 Å². The Bertz CT molecular complexity index is 553. The molecule has 18 heavy (non-hydrogen) atoms. The summed E-state index contributed by atoms with van der Waals surface area (Å²) in [7, 11) is 0. The van der Waals surface area contributed by atoms with Crippen LogP contribution in [-0.2, 0) is 5.92 Å². The third kappa shape index (κ3) is 2.03. The molecule has 0 amide bonds. The normalized spacial score (nSPS) is 12.1. The fourth-order valence-corrected chi connectivity index (χ4v) is 1.35. The summed E-state index contributed by atoms with van der Waals surface area (Å²) < 4.78 is 54.7. The Hall–Kier alpha value is -2.05. The van der Waals surface area contributed by atoms with Crippen molar-refractivity contribution >= 4 is 0 Å². The van der Waals surface area contributed by atoms with Crippen molar-refractivity contribution in [3.63, 3.8) is 0 Å². The van der Waals surface area contributed by atoms with Gasteiger partial charge in [0.2, 0.25) is 0 Å². The van der Waals surface area contributed by atoms with Gasteiger partial charge in [0.25, 0.3) is 0 Å². The maximum absolute atomic E-state index is 13.0. The van der Waals surface area contributed by atoms with Gasteiger partial charge in [-0.05, 0) is 12.1 Å². The van der Waals surface area contributed by atoms with E-state index in [0.29, 0.717) is 6.07 Å². The molecule has 1 aromatic heterocycles. The number of halogens is 4. The van der Waals surface area contributed by atoms with Gasteiger partial charge in [0.05, 0.1) is 5.56 Å². The van der Waals surface area contributed by atoms with Crippen molar-refractivity contribution < 1.29 is 27.2 Å². The molecule has 1 heterocycles. The van der Waals surface area contributed by atoms with E-state index < -0.39 is 18.0 Å². The zero-order valence-corrected chi connectivity index (χ0v) is 8.78. The minimum Gasteiger partial charge on any atom is -0.507 e. The molecule has 0 saturated heterocycles. The topological polar surface area (TPSA) is 46.3 Å². The number of hydrogen-bond donors (Lipinski definition) is 1. The lowest BCUT2D eigenvalue weighted by molar-refractivity contribution is -0.139. The molecule has 2 aromatic rings. The van der Waals surface area contributed by atoms with Crippen LogP contribution in [0.4, 0.5) is 17.6 Å². The monoisotopic (exact) mass is 261 g/mol. The number of benzene rings is 1. The highest BCUT2D eigenvalue weighted by Gasteiger charge is 2.45. The van der Waals surface area contributed by atoms with Crippen molar-refractivity contribution in [2.24, 2.45) is 0 Å². The molecule has 2 rings (SSSR count). The fraction of sp³-hybridized carbons (Fsp3) is 0.182. The number of aromatic nitrogens is 1. The maximum Gasteiger partial charge on any atom is 0.352 e. The third-order valence-electron chi connectivity index (χ3n) is 2.30. The average molecular weight is 261 g/mol. The van der Waals surface area contributed by atoms with Gasteiger partial charge in [-0.3, -0.25) is 0 Å². The minimum absolute atomic E-state index is 0.0984. The number of aromatic hydroxyl groups is 1. The van der Waals surface area contributed by atoms with E-state index in [1.807, 2.05) is 0 Å². The molecule has 96 valence electrons. The van der Waals surface area contributed by atoms with Crippen LogP contribution in [-0.4, -0.2) is 16.7 Å². The molecule has 0 aliphatic heterocycles. The molecule has 7 heteroatoms. The van der Waals surface area contributed by atoms with Gasteiger partial charge in [-0.1, -0.05) is 17.3 Å². The van der Waals surface area contributed by atoms with Crippen molar-refractivity contribution in [2.45, 2.75) is 12.3 Å². The van der Waals surface area contributed by atoms with Crippen molar-refractivity contribution in [2.75, 3.05) is 0 Å². The van der Waals surface area contributed by atoms with E-state index in [-0.39, 0.29) is 17.1 Å². The van der Waals surface area contributed by atoms with Gasteiger partial charge in [0, 0.05) is 6.07 Å². The Labute approximate surface area is 98.6 Å². The van der Waals surface area contributed by atoms with E-state index in [4.69, 9.17) is 0 Å². The van der Waals surface area contributed by atoms with Crippen LogP contribution >= 0.6 is 0 Å². The molecule has 0 saturated carbocycles. The summed E-state index contributed by atoms with van der Waals surface area (Å²) in [6, 6.07) is 6.43. The van der Waals surface area contributed by atoms with Gasteiger partial charge in [-0.2, -0.15) is 8.78 Å². The Morgan fingerprint density at radius 3 is 2.50 bits per heavy atom. The summed E-state index contributed by atoms with van der Waals surface area (Å²) in [6.45, 7) is 0. The number of nitrogens with zero attached hydrogens (tertiary/aromatic N) is 1. The van der Waals surface area contributed by atoms with Crippen molar-refractivity contribution in [1.82, 2.24) is 5.16 Å². The first-order chi connectivity index (χ1) is 8.43. The molecule has 0 atom stereocenters. The largest absolute Gasteiger partial charge is 0.507 e. The summed E-state index contributed by atoms with van der Waals surface area (Å²) in [6.07, 6.45) is -3.88. The maximum atomic E-state index is 13.0. The summed E-state index contributed by atoms with van der Waals surface area (Å²) >= 11 is 0. The molecule has 0 aliphatic rings. The SMILES string of the molecule is Oc1ccccc1-c1cc(C(F)(F)C(F)F)no1.